The van der Waals surface area contributed by atoms with Gasteiger partial charge in [-0.05, 0) is 44.5 Å². The van der Waals surface area contributed by atoms with Crippen LogP contribution < -0.4 is 15.4 Å². The topological polar surface area (TPSA) is 59.6 Å². The van der Waals surface area contributed by atoms with Crippen molar-refractivity contribution in [3.63, 3.8) is 0 Å². The predicted molar refractivity (Wildman–Crippen MR) is 97.8 cm³/mol. The molecule has 1 unspecified atom stereocenters. The summed E-state index contributed by atoms with van der Waals surface area (Å²) < 4.78 is 11.1. The lowest BCUT2D eigenvalue weighted by Gasteiger charge is -2.31. The Hall–Kier alpha value is -1.30. The quantitative estimate of drug-likeness (QED) is 0.666. The van der Waals surface area contributed by atoms with E-state index in [9.17, 15) is 4.79 Å². The minimum absolute atomic E-state index is 0. The van der Waals surface area contributed by atoms with Crippen molar-refractivity contribution in [2.24, 2.45) is 11.8 Å². The van der Waals surface area contributed by atoms with Crippen molar-refractivity contribution < 1.29 is 14.3 Å². The molecule has 24 heavy (non-hydrogen) atoms. The third kappa shape index (κ3) is 5.96. The largest absolute Gasteiger partial charge is 0.491 e. The Bertz CT molecular complexity index is 521. The number of rotatable bonds is 9. The van der Waals surface area contributed by atoms with Gasteiger partial charge in [0.05, 0.1) is 6.61 Å². The Morgan fingerprint density at radius 1 is 1.38 bits per heavy atom. The van der Waals surface area contributed by atoms with Crippen molar-refractivity contribution in [1.29, 1.82) is 0 Å². The van der Waals surface area contributed by atoms with E-state index in [1.54, 1.807) is 0 Å². The van der Waals surface area contributed by atoms with Gasteiger partial charge in [0.2, 0.25) is 5.91 Å². The molecule has 1 saturated heterocycles. The van der Waals surface area contributed by atoms with Crippen LogP contribution in [0.15, 0.2) is 18.2 Å². The van der Waals surface area contributed by atoms with Gasteiger partial charge in [0.1, 0.15) is 12.4 Å². The van der Waals surface area contributed by atoms with Gasteiger partial charge in [-0.2, -0.15) is 0 Å². The van der Waals surface area contributed by atoms with Crippen molar-refractivity contribution in [3.05, 3.63) is 29.3 Å². The first-order chi connectivity index (χ1) is 11.1. The molecule has 1 aromatic rings. The summed E-state index contributed by atoms with van der Waals surface area (Å²) in [5, 5.41) is 6.24. The van der Waals surface area contributed by atoms with Crippen LogP contribution in [0.3, 0.4) is 0 Å². The molecule has 0 radical (unpaired) electrons. The second-order valence-corrected chi connectivity index (χ2v) is 6.08. The average molecular weight is 357 g/mol. The molecule has 1 amide bonds. The van der Waals surface area contributed by atoms with Crippen LogP contribution in [-0.2, 0) is 16.1 Å². The summed E-state index contributed by atoms with van der Waals surface area (Å²) >= 11 is 0. The molecule has 0 aromatic heterocycles. The predicted octanol–water partition coefficient (Wildman–Crippen LogP) is 2.30. The molecule has 1 atom stereocenters. The lowest BCUT2D eigenvalue weighted by Crippen LogP contribution is -2.49. The highest BCUT2D eigenvalue weighted by atomic mass is 35.5. The van der Waals surface area contributed by atoms with E-state index in [0.29, 0.717) is 32.3 Å². The van der Waals surface area contributed by atoms with E-state index >= 15 is 0 Å². The maximum Gasteiger partial charge on any atom is 0.223 e. The number of ether oxygens (including phenoxy) is 2. The van der Waals surface area contributed by atoms with Gasteiger partial charge in [-0.3, -0.25) is 4.79 Å². The molecule has 1 heterocycles. The number of hydrogen-bond donors (Lipinski definition) is 2. The van der Waals surface area contributed by atoms with Crippen molar-refractivity contribution in [3.8, 4) is 5.75 Å². The fraction of sp³-hybridized carbons (Fsp3) is 0.611. The first-order valence-corrected chi connectivity index (χ1v) is 8.40. The molecule has 0 saturated carbocycles. The zero-order chi connectivity index (χ0) is 16.7. The fourth-order valence-corrected chi connectivity index (χ4v) is 2.52. The first kappa shape index (κ1) is 20.7. The van der Waals surface area contributed by atoms with Gasteiger partial charge < -0.3 is 20.1 Å². The third-order valence-corrected chi connectivity index (χ3v) is 4.30. The number of nitrogens with one attached hydrogen (secondary N) is 2. The molecule has 0 bridgehead atoms. The van der Waals surface area contributed by atoms with Crippen LogP contribution in [0.2, 0.25) is 0 Å². The molecular weight excluding hydrogens is 328 g/mol. The van der Waals surface area contributed by atoms with Crippen LogP contribution in [0.1, 0.15) is 25.0 Å². The molecule has 2 rings (SSSR count). The van der Waals surface area contributed by atoms with Crippen LogP contribution in [-0.4, -0.2) is 38.8 Å². The van der Waals surface area contributed by atoms with Gasteiger partial charge in [-0.25, -0.2) is 0 Å². The number of benzene rings is 1. The van der Waals surface area contributed by atoms with Gasteiger partial charge in [0, 0.05) is 24.6 Å². The van der Waals surface area contributed by atoms with E-state index in [4.69, 9.17) is 9.47 Å². The third-order valence-electron chi connectivity index (χ3n) is 4.30. The highest BCUT2D eigenvalue weighted by molar-refractivity contribution is 5.85. The van der Waals surface area contributed by atoms with Crippen molar-refractivity contribution >= 4 is 18.3 Å². The van der Waals surface area contributed by atoms with Gasteiger partial charge in [0.15, 0.2) is 0 Å². The van der Waals surface area contributed by atoms with Crippen molar-refractivity contribution in [2.75, 3.05) is 32.9 Å². The summed E-state index contributed by atoms with van der Waals surface area (Å²) in [6, 6.07) is 6.06. The molecule has 1 aliphatic heterocycles. The fourth-order valence-electron chi connectivity index (χ4n) is 2.52. The highest BCUT2D eigenvalue weighted by Gasteiger charge is 2.28. The summed E-state index contributed by atoms with van der Waals surface area (Å²) in [6.45, 7) is 10.1. The lowest BCUT2D eigenvalue weighted by atomic mass is 9.88. The zero-order valence-corrected chi connectivity index (χ0v) is 15.6. The van der Waals surface area contributed by atoms with E-state index in [1.165, 1.54) is 0 Å². The molecule has 2 N–H and O–H groups in total. The minimum atomic E-state index is 0. The summed E-state index contributed by atoms with van der Waals surface area (Å²) in [7, 11) is 0. The molecule has 5 nitrogen and oxygen atoms in total. The smallest absolute Gasteiger partial charge is 0.223 e. The SMILES string of the molecule is CCOCCOc1cc(C)ccc1CNC(=O)C(C)C1CNC1.Cl. The number of carbonyl (C=O) groups excluding carboxylic acids is 1. The van der Waals surface area contributed by atoms with Crippen LogP contribution in [0.25, 0.3) is 0 Å². The molecular formula is C18H29ClN2O3. The second kappa shape index (κ2) is 10.5. The molecule has 0 aliphatic carbocycles. The molecule has 1 aromatic carbocycles. The minimum Gasteiger partial charge on any atom is -0.491 e. The molecule has 1 fully saturated rings. The maximum atomic E-state index is 12.2. The van der Waals surface area contributed by atoms with Crippen molar-refractivity contribution in [2.45, 2.75) is 27.3 Å². The Kier molecular flexibility index (Phi) is 9.11. The monoisotopic (exact) mass is 356 g/mol. The van der Waals surface area contributed by atoms with Crippen LogP contribution in [0.4, 0.5) is 0 Å². The number of aryl methyl sites for hydroxylation is 1. The van der Waals surface area contributed by atoms with E-state index < -0.39 is 0 Å². The van der Waals surface area contributed by atoms with E-state index in [-0.39, 0.29) is 24.2 Å². The first-order valence-electron chi connectivity index (χ1n) is 8.40. The molecule has 136 valence electrons. The summed E-state index contributed by atoms with van der Waals surface area (Å²) in [4.78, 5) is 12.2. The zero-order valence-electron chi connectivity index (χ0n) is 14.8. The maximum absolute atomic E-state index is 12.2. The standard InChI is InChI=1S/C18H28N2O3.ClH/c1-4-22-7-8-23-17-9-13(2)5-6-15(17)12-20-18(21)14(3)16-10-19-11-16;/h5-6,9,14,16,19H,4,7-8,10-12H2,1-3H3,(H,20,21);1H. The Balaban J connectivity index is 0.00000288. The second-order valence-electron chi connectivity index (χ2n) is 6.08. The van der Waals surface area contributed by atoms with Gasteiger partial charge >= 0.3 is 0 Å². The Morgan fingerprint density at radius 3 is 2.75 bits per heavy atom. The normalized spacial score (nSPS) is 15.1. The van der Waals surface area contributed by atoms with E-state index in [1.807, 2.05) is 39.0 Å². The lowest BCUT2D eigenvalue weighted by molar-refractivity contribution is -0.126. The van der Waals surface area contributed by atoms with Gasteiger partial charge in [0.25, 0.3) is 0 Å². The number of hydrogen-bond acceptors (Lipinski definition) is 4. The summed E-state index contributed by atoms with van der Waals surface area (Å²) in [6.07, 6.45) is 0. The molecule has 6 heteroatoms. The molecule has 1 aliphatic rings. The Morgan fingerprint density at radius 2 is 2.12 bits per heavy atom. The van der Waals surface area contributed by atoms with Gasteiger partial charge in [-0.1, -0.05) is 19.1 Å². The van der Waals surface area contributed by atoms with Gasteiger partial charge in [-0.15, -0.1) is 12.4 Å². The molecule has 0 spiro atoms. The van der Waals surface area contributed by atoms with Crippen molar-refractivity contribution in [1.82, 2.24) is 10.6 Å². The summed E-state index contributed by atoms with van der Waals surface area (Å²) in [5.74, 6) is 1.43. The number of halogens is 1. The van der Waals surface area contributed by atoms with E-state index in [0.717, 1.165) is 30.0 Å². The van der Waals surface area contributed by atoms with Crippen LogP contribution in [0, 0.1) is 18.8 Å². The number of amides is 1. The van der Waals surface area contributed by atoms with E-state index in [2.05, 4.69) is 10.6 Å². The Labute approximate surface area is 150 Å². The highest BCUT2D eigenvalue weighted by Crippen LogP contribution is 2.21. The summed E-state index contributed by atoms with van der Waals surface area (Å²) in [5.41, 5.74) is 2.14. The average Bonchev–Trinajstić information content (AvgIpc) is 2.48. The van der Waals surface area contributed by atoms with Crippen LogP contribution >= 0.6 is 12.4 Å². The number of carbonyl (C=O) groups is 1. The van der Waals surface area contributed by atoms with Crippen LogP contribution in [0.5, 0.6) is 5.75 Å².